The molecule has 4 aliphatic carbocycles. The van der Waals surface area contributed by atoms with Crippen molar-refractivity contribution in [1.29, 1.82) is 0 Å². The van der Waals surface area contributed by atoms with Gasteiger partial charge in [-0.15, -0.1) is 0 Å². The van der Waals surface area contributed by atoms with Crippen molar-refractivity contribution in [2.75, 3.05) is 6.61 Å². The van der Waals surface area contributed by atoms with Crippen LogP contribution in [0.25, 0.3) is 0 Å². The first-order chi connectivity index (χ1) is 16.6. The van der Waals surface area contributed by atoms with Gasteiger partial charge in [0.25, 0.3) is 0 Å². The molecule has 36 heavy (non-hydrogen) atoms. The third kappa shape index (κ3) is 3.40. The zero-order chi connectivity index (χ0) is 27.1. The Labute approximate surface area is 213 Å². The summed E-state index contributed by atoms with van der Waals surface area (Å²) in [5, 5.41) is 99.6. The fourth-order valence-electron chi connectivity index (χ4n) is 9.41. The molecule has 9 nitrogen and oxygen atoms in total. The van der Waals surface area contributed by atoms with Crippen molar-refractivity contribution < 1.29 is 46.0 Å². The average Bonchev–Trinajstić information content (AvgIpc) is 3.04. The van der Waals surface area contributed by atoms with Gasteiger partial charge in [0.05, 0.1) is 24.4 Å². The number of aliphatic hydroxyl groups is 9. The molecule has 0 aliphatic heterocycles. The van der Waals surface area contributed by atoms with Crippen LogP contribution in [0.5, 0.6) is 0 Å². The van der Waals surface area contributed by atoms with Gasteiger partial charge >= 0.3 is 0 Å². The van der Waals surface area contributed by atoms with Gasteiger partial charge in [0, 0.05) is 29.8 Å². The number of hydrogen-bond donors (Lipinski definition) is 9. The molecule has 210 valence electrons. The van der Waals surface area contributed by atoms with Crippen LogP contribution < -0.4 is 0 Å². The fourth-order valence-corrected chi connectivity index (χ4v) is 9.41. The van der Waals surface area contributed by atoms with Gasteiger partial charge in [0.1, 0.15) is 22.9 Å². The maximum Gasteiger partial charge on any atom is 0.125 e. The summed E-state index contributed by atoms with van der Waals surface area (Å²) in [6, 6.07) is 0. The summed E-state index contributed by atoms with van der Waals surface area (Å²) >= 11 is 0. The lowest BCUT2D eigenvalue weighted by Gasteiger charge is -2.71. The molecule has 0 aromatic heterocycles. The second kappa shape index (κ2) is 9.10. The predicted molar refractivity (Wildman–Crippen MR) is 130 cm³/mol. The van der Waals surface area contributed by atoms with Crippen molar-refractivity contribution in [2.45, 2.75) is 126 Å². The van der Waals surface area contributed by atoms with E-state index in [2.05, 4.69) is 0 Å². The highest BCUT2D eigenvalue weighted by Gasteiger charge is 2.81. The van der Waals surface area contributed by atoms with Crippen LogP contribution in [0.4, 0.5) is 0 Å². The largest absolute Gasteiger partial charge is 0.396 e. The summed E-state index contributed by atoms with van der Waals surface area (Å²) < 4.78 is 0. The number of hydrogen-bond acceptors (Lipinski definition) is 9. The van der Waals surface area contributed by atoms with Gasteiger partial charge in [-0.05, 0) is 62.7 Å². The molecule has 0 bridgehead atoms. The van der Waals surface area contributed by atoms with E-state index in [-0.39, 0.29) is 43.6 Å². The highest BCUT2D eigenvalue weighted by Crippen LogP contribution is 2.72. The molecule has 4 saturated carbocycles. The van der Waals surface area contributed by atoms with E-state index >= 15 is 0 Å². The molecule has 4 aliphatic rings. The van der Waals surface area contributed by atoms with Crippen LogP contribution in [0.3, 0.4) is 0 Å². The van der Waals surface area contributed by atoms with Crippen LogP contribution in [-0.2, 0) is 0 Å². The molecule has 9 heteroatoms. The third-order valence-corrected chi connectivity index (χ3v) is 11.9. The molecule has 0 radical (unpaired) electrons. The molecule has 0 aromatic rings. The zero-order valence-corrected chi connectivity index (χ0v) is 22.1. The van der Waals surface area contributed by atoms with Crippen LogP contribution in [-0.4, -0.2) is 99.9 Å². The Kier molecular flexibility index (Phi) is 7.24. The van der Waals surface area contributed by atoms with Crippen molar-refractivity contribution in [3.05, 3.63) is 0 Å². The van der Waals surface area contributed by atoms with Crippen molar-refractivity contribution in [3.8, 4) is 0 Å². The number of rotatable bonds is 6. The van der Waals surface area contributed by atoms with Crippen LogP contribution in [0, 0.1) is 34.5 Å². The zero-order valence-electron chi connectivity index (χ0n) is 22.1. The van der Waals surface area contributed by atoms with E-state index in [0.717, 1.165) is 0 Å². The second-order valence-electron chi connectivity index (χ2n) is 13.4. The standard InChI is InChI=1S/C27H48O9/c1-14(5-6-17(29)15(2)13-28)16-11-20(31)27(36)23(16,3)10-8-19-24(4)9-7-18(30)22(33)26(24,35)21(32)12-25(19,27)34/h14-22,28-36H,5-13H2,1-4H3/t14-,15?,16-,17?,18+,19-,20+,21+,22+,23-,24-,25+,26-,27+/m1/s1. The smallest absolute Gasteiger partial charge is 0.125 e. The Morgan fingerprint density at radius 2 is 1.47 bits per heavy atom. The summed E-state index contributed by atoms with van der Waals surface area (Å²) in [6.07, 6.45) is -4.07. The second-order valence-corrected chi connectivity index (χ2v) is 13.4. The number of fused-ring (bicyclic) bond motifs is 5. The Morgan fingerprint density at radius 3 is 2.08 bits per heavy atom. The van der Waals surface area contributed by atoms with Crippen molar-refractivity contribution in [3.63, 3.8) is 0 Å². The average molecular weight is 517 g/mol. The molecule has 4 rings (SSSR count). The maximum atomic E-state index is 12.4. The van der Waals surface area contributed by atoms with E-state index in [4.69, 9.17) is 0 Å². The Morgan fingerprint density at radius 1 is 0.861 bits per heavy atom. The van der Waals surface area contributed by atoms with Crippen LogP contribution >= 0.6 is 0 Å². The molecule has 2 unspecified atom stereocenters. The van der Waals surface area contributed by atoms with E-state index in [1.54, 1.807) is 13.8 Å². The van der Waals surface area contributed by atoms with Gasteiger partial charge in [-0.2, -0.15) is 0 Å². The van der Waals surface area contributed by atoms with Crippen molar-refractivity contribution in [1.82, 2.24) is 0 Å². The highest BCUT2D eigenvalue weighted by molar-refractivity contribution is 5.31. The minimum Gasteiger partial charge on any atom is -0.396 e. The minimum absolute atomic E-state index is 0.00653. The molecule has 9 N–H and O–H groups in total. The van der Waals surface area contributed by atoms with Crippen molar-refractivity contribution >= 4 is 0 Å². The normalized spacial score (nSPS) is 55.2. The van der Waals surface area contributed by atoms with Gasteiger partial charge in [-0.25, -0.2) is 0 Å². The van der Waals surface area contributed by atoms with E-state index in [1.165, 1.54) is 0 Å². The van der Waals surface area contributed by atoms with Gasteiger partial charge in [0.15, 0.2) is 0 Å². The molecular weight excluding hydrogens is 468 g/mol. The third-order valence-electron chi connectivity index (χ3n) is 11.9. The predicted octanol–water partition coefficient (Wildman–Crippen LogP) is -0.331. The van der Waals surface area contributed by atoms with Gasteiger partial charge in [-0.1, -0.05) is 27.7 Å². The maximum absolute atomic E-state index is 12.4. The summed E-state index contributed by atoms with van der Waals surface area (Å²) in [5.74, 6) is -1.12. The van der Waals surface area contributed by atoms with E-state index < -0.39 is 70.5 Å². The van der Waals surface area contributed by atoms with Crippen molar-refractivity contribution in [2.24, 2.45) is 34.5 Å². The Balaban J connectivity index is 1.68. The van der Waals surface area contributed by atoms with Crippen LogP contribution in [0.1, 0.15) is 79.1 Å². The molecule has 4 fully saturated rings. The molecule has 0 amide bonds. The first-order valence-corrected chi connectivity index (χ1v) is 13.7. The summed E-state index contributed by atoms with van der Waals surface area (Å²) in [7, 11) is 0. The van der Waals surface area contributed by atoms with Gasteiger partial charge in [-0.3, -0.25) is 0 Å². The van der Waals surface area contributed by atoms with Crippen LogP contribution in [0.15, 0.2) is 0 Å². The lowest BCUT2D eigenvalue weighted by Crippen LogP contribution is -2.83. The molecule has 14 atom stereocenters. The monoisotopic (exact) mass is 516 g/mol. The molecule has 0 saturated heterocycles. The molecule has 0 aromatic carbocycles. The summed E-state index contributed by atoms with van der Waals surface area (Å²) in [5.41, 5.74) is -8.00. The molecular formula is C27H48O9. The van der Waals surface area contributed by atoms with E-state index in [1.807, 2.05) is 13.8 Å². The first-order valence-electron chi connectivity index (χ1n) is 13.7. The van der Waals surface area contributed by atoms with Crippen LogP contribution in [0.2, 0.25) is 0 Å². The molecule has 0 spiro atoms. The quantitative estimate of drug-likeness (QED) is 0.228. The lowest BCUT2D eigenvalue weighted by atomic mass is 9.38. The molecule has 0 heterocycles. The summed E-state index contributed by atoms with van der Waals surface area (Å²) in [4.78, 5) is 0. The minimum atomic E-state index is -2.05. The number of aliphatic hydroxyl groups excluding tert-OH is 6. The highest BCUT2D eigenvalue weighted by atomic mass is 16.4. The first kappa shape index (κ1) is 28.6. The Hall–Kier alpha value is -0.360. The fraction of sp³-hybridized carbons (Fsp3) is 1.00. The SMILES string of the molecule is CC(CO)C(O)CC[C@@H](C)[C@H]1C[C@H](O)[C@]2(O)[C@]1(C)CC[C@@H]1[C@@]3(C)CC[C@H](O)[C@H](O)[C@]3(O)[C@@H](O)C[C@]12O. The Bertz CT molecular complexity index is 827. The summed E-state index contributed by atoms with van der Waals surface area (Å²) in [6.45, 7) is 7.29. The van der Waals surface area contributed by atoms with Gasteiger partial charge in [0.2, 0.25) is 0 Å². The van der Waals surface area contributed by atoms with Gasteiger partial charge < -0.3 is 46.0 Å². The van der Waals surface area contributed by atoms with E-state index in [9.17, 15) is 46.0 Å². The topological polar surface area (TPSA) is 182 Å². The van der Waals surface area contributed by atoms with E-state index in [0.29, 0.717) is 25.7 Å². The lowest BCUT2D eigenvalue weighted by molar-refractivity contribution is -0.372.